The van der Waals surface area contributed by atoms with E-state index in [1.54, 1.807) is 28.9 Å². The van der Waals surface area contributed by atoms with Gasteiger partial charge in [0.25, 0.3) is 5.91 Å². The molecule has 0 spiro atoms. The lowest BCUT2D eigenvalue weighted by Gasteiger charge is -2.20. The number of aromatic nitrogens is 2. The summed E-state index contributed by atoms with van der Waals surface area (Å²) in [5, 5.41) is 9.09. The van der Waals surface area contributed by atoms with Crippen LogP contribution in [0.1, 0.15) is 40.0 Å². The van der Waals surface area contributed by atoms with Crippen LogP contribution in [0.25, 0.3) is 10.2 Å². The summed E-state index contributed by atoms with van der Waals surface area (Å²) in [5.74, 6) is 0.961. The second kappa shape index (κ2) is 7.58. The first-order valence-electron chi connectivity index (χ1n) is 10.1. The number of fused-ring (bicyclic) bond motifs is 3. The van der Waals surface area contributed by atoms with Crippen LogP contribution in [0.15, 0.2) is 51.8 Å². The maximum absolute atomic E-state index is 13.2. The Bertz CT molecular complexity index is 1280. The Labute approximate surface area is 186 Å². The third-order valence-electron chi connectivity index (χ3n) is 5.64. The van der Waals surface area contributed by atoms with E-state index in [1.165, 1.54) is 21.8 Å². The van der Waals surface area contributed by atoms with Crippen molar-refractivity contribution in [2.45, 2.75) is 31.7 Å². The molecule has 0 fully saturated rings. The van der Waals surface area contributed by atoms with Crippen LogP contribution in [0.5, 0.6) is 5.88 Å². The highest BCUT2D eigenvalue weighted by Gasteiger charge is 2.35. The fraction of sp³-hybridized carbons (Fsp3) is 0.273. The number of hydrogen-bond donors (Lipinski definition) is 0. The number of amides is 1. The number of aryl methyl sites for hydroxylation is 2. The Hall–Kier alpha value is -3.04. The van der Waals surface area contributed by atoms with Gasteiger partial charge in [0.1, 0.15) is 22.6 Å². The van der Waals surface area contributed by atoms with Crippen molar-refractivity contribution in [1.29, 1.82) is 0 Å². The Morgan fingerprint density at radius 2 is 2.23 bits per heavy atom. The zero-order valence-electron chi connectivity index (χ0n) is 16.5. The standard InChI is InChI=1S/C22H18N4O3S2/c27-19(11-29-21-20-13-4-1-6-17(13)31-22(20)24-12-23-21)26-15(18-7-3-9-30-18)10-14(25-26)16-5-2-8-28-16/h2-3,5,7-9,12,15H,1,4,6,10-11H2. The molecule has 0 N–H and O–H groups in total. The van der Waals surface area contributed by atoms with Gasteiger partial charge in [-0.25, -0.2) is 15.0 Å². The number of hydrazone groups is 1. The molecule has 1 amide bonds. The molecule has 1 unspecified atom stereocenters. The first kappa shape index (κ1) is 18.7. The fourth-order valence-corrected chi connectivity index (χ4v) is 6.27. The van der Waals surface area contributed by atoms with Gasteiger partial charge >= 0.3 is 0 Å². The molecule has 0 radical (unpaired) electrons. The second-order valence-electron chi connectivity index (χ2n) is 7.50. The van der Waals surface area contributed by atoms with Crippen LogP contribution in [0.4, 0.5) is 0 Å². The van der Waals surface area contributed by atoms with Crippen molar-refractivity contribution in [2.24, 2.45) is 5.10 Å². The average molecular weight is 451 g/mol. The lowest BCUT2D eigenvalue weighted by molar-refractivity contribution is -0.135. The highest BCUT2D eigenvalue weighted by atomic mass is 32.1. The van der Waals surface area contributed by atoms with Crippen molar-refractivity contribution in [3.63, 3.8) is 0 Å². The number of carbonyl (C=O) groups is 1. The van der Waals surface area contributed by atoms with E-state index >= 15 is 0 Å². The van der Waals surface area contributed by atoms with E-state index < -0.39 is 0 Å². The van der Waals surface area contributed by atoms with Gasteiger partial charge in [0.05, 0.1) is 17.7 Å². The number of hydrogen-bond acceptors (Lipinski definition) is 8. The molecule has 156 valence electrons. The summed E-state index contributed by atoms with van der Waals surface area (Å²) in [7, 11) is 0. The first-order valence-corrected chi connectivity index (χ1v) is 11.8. The maximum Gasteiger partial charge on any atom is 0.281 e. The van der Waals surface area contributed by atoms with Gasteiger partial charge in [-0.15, -0.1) is 22.7 Å². The van der Waals surface area contributed by atoms with Gasteiger partial charge in [-0.1, -0.05) is 6.07 Å². The number of rotatable bonds is 5. The molecule has 7 nitrogen and oxygen atoms in total. The minimum Gasteiger partial charge on any atom is -0.467 e. The summed E-state index contributed by atoms with van der Waals surface area (Å²) in [5.41, 5.74) is 2.04. The van der Waals surface area contributed by atoms with Gasteiger partial charge in [-0.05, 0) is 48.4 Å². The summed E-state index contributed by atoms with van der Waals surface area (Å²) < 4.78 is 11.5. The van der Waals surface area contributed by atoms with Crippen molar-refractivity contribution in [1.82, 2.24) is 15.0 Å². The zero-order chi connectivity index (χ0) is 20.8. The molecular weight excluding hydrogens is 432 g/mol. The Morgan fingerprint density at radius 3 is 3.06 bits per heavy atom. The van der Waals surface area contributed by atoms with Crippen LogP contribution in [-0.4, -0.2) is 33.2 Å². The highest BCUT2D eigenvalue weighted by Crippen LogP contribution is 2.40. The van der Waals surface area contributed by atoms with Gasteiger partial charge in [0.2, 0.25) is 5.88 Å². The lowest BCUT2D eigenvalue weighted by atomic mass is 10.1. The normalized spacial score (nSPS) is 17.9. The van der Waals surface area contributed by atoms with Gasteiger partial charge < -0.3 is 9.15 Å². The summed E-state index contributed by atoms with van der Waals surface area (Å²) in [6.45, 7) is -0.131. The first-order chi connectivity index (χ1) is 15.3. The molecule has 31 heavy (non-hydrogen) atoms. The molecule has 0 bridgehead atoms. The predicted octanol–water partition coefficient (Wildman–Crippen LogP) is 4.59. The molecule has 2 aliphatic rings. The number of furan rings is 1. The molecule has 6 rings (SSSR count). The largest absolute Gasteiger partial charge is 0.467 e. The van der Waals surface area contributed by atoms with Crippen molar-refractivity contribution in [2.75, 3.05) is 6.61 Å². The SMILES string of the molecule is O=C(COc1ncnc2sc3c(c12)CCC3)N1N=C(c2ccco2)CC1c1cccs1. The van der Waals surface area contributed by atoms with Gasteiger partial charge in [0.15, 0.2) is 6.61 Å². The third kappa shape index (κ3) is 3.24. The molecule has 0 aromatic carbocycles. The Balaban J connectivity index is 1.27. The number of ether oxygens (including phenoxy) is 1. The van der Waals surface area contributed by atoms with Crippen LogP contribution in [0.3, 0.4) is 0 Å². The smallest absolute Gasteiger partial charge is 0.281 e. The molecule has 1 aliphatic carbocycles. The lowest BCUT2D eigenvalue weighted by Crippen LogP contribution is -2.31. The molecule has 1 aliphatic heterocycles. The van der Waals surface area contributed by atoms with Crippen molar-refractivity contribution in [3.8, 4) is 5.88 Å². The van der Waals surface area contributed by atoms with E-state index in [4.69, 9.17) is 9.15 Å². The van der Waals surface area contributed by atoms with E-state index in [1.807, 2.05) is 29.6 Å². The summed E-state index contributed by atoms with van der Waals surface area (Å²) in [4.78, 5) is 25.3. The molecule has 1 atom stereocenters. The molecule has 0 saturated heterocycles. The van der Waals surface area contributed by atoms with Crippen LogP contribution < -0.4 is 4.74 Å². The van der Waals surface area contributed by atoms with Crippen LogP contribution in [0.2, 0.25) is 0 Å². The molecule has 9 heteroatoms. The topological polar surface area (TPSA) is 80.8 Å². The third-order valence-corrected chi connectivity index (χ3v) is 7.82. The monoisotopic (exact) mass is 450 g/mol. The number of carbonyl (C=O) groups excluding carboxylic acids is 1. The maximum atomic E-state index is 13.2. The van der Waals surface area contributed by atoms with E-state index in [0.717, 1.165) is 40.1 Å². The summed E-state index contributed by atoms with van der Waals surface area (Å²) >= 11 is 3.31. The number of thiophene rings is 2. The summed E-state index contributed by atoms with van der Waals surface area (Å²) in [6, 6.07) is 7.54. The summed E-state index contributed by atoms with van der Waals surface area (Å²) in [6.07, 6.45) is 6.96. The number of nitrogens with zero attached hydrogens (tertiary/aromatic N) is 4. The van der Waals surface area contributed by atoms with E-state index in [-0.39, 0.29) is 18.6 Å². The average Bonchev–Trinajstić information content (AvgIpc) is 3.58. The second-order valence-corrected chi connectivity index (χ2v) is 9.57. The minimum absolute atomic E-state index is 0.131. The minimum atomic E-state index is -0.210. The quantitative estimate of drug-likeness (QED) is 0.444. The molecular formula is C22H18N4O3S2. The van der Waals surface area contributed by atoms with Gasteiger partial charge in [-0.3, -0.25) is 4.79 Å². The van der Waals surface area contributed by atoms with E-state index in [9.17, 15) is 4.79 Å². The van der Waals surface area contributed by atoms with Crippen molar-refractivity contribution < 1.29 is 13.9 Å². The van der Waals surface area contributed by atoms with Crippen LogP contribution in [0, 0.1) is 0 Å². The van der Waals surface area contributed by atoms with Crippen molar-refractivity contribution in [3.05, 3.63) is 63.3 Å². The molecule has 0 saturated carbocycles. The predicted molar refractivity (Wildman–Crippen MR) is 119 cm³/mol. The fourth-order valence-electron chi connectivity index (χ4n) is 4.24. The molecule has 4 aromatic rings. The Morgan fingerprint density at radius 1 is 1.26 bits per heavy atom. The van der Waals surface area contributed by atoms with Crippen molar-refractivity contribution >= 4 is 44.5 Å². The van der Waals surface area contributed by atoms with Gasteiger partial charge in [-0.2, -0.15) is 5.10 Å². The zero-order valence-corrected chi connectivity index (χ0v) is 18.1. The molecule has 5 heterocycles. The van der Waals surface area contributed by atoms with E-state index in [0.29, 0.717) is 18.1 Å². The highest BCUT2D eigenvalue weighted by molar-refractivity contribution is 7.19. The van der Waals surface area contributed by atoms with E-state index in [2.05, 4.69) is 15.1 Å². The van der Waals surface area contributed by atoms with Crippen LogP contribution >= 0.6 is 22.7 Å². The van der Waals surface area contributed by atoms with Gasteiger partial charge in [0, 0.05) is 16.2 Å². The Kier molecular flexibility index (Phi) is 4.57. The van der Waals surface area contributed by atoms with Crippen LogP contribution in [-0.2, 0) is 17.6 Å². The molecule has 4 aromatic heterocycles.